The normalized spacial score (nSPS) is 11.2. The lowest BCUT2D eigenvalue weighted by molar-refractivity contribution is 0.373. The van der Waals surface area contributed by atoms with E-state index in [0.717, 1.165) is 5.56 Å². The first-order valence-electron chi connectivity index (χ1n) is 4.36. The maximum Gasteiger partial charge on any atom is 0.213 e. The smallest absolute Gasteiger partial charge is 0.213 e. The Labute approximate surface area is 84.0 Å². The first-order valence-corrected chi connectivity index (χ1v) is 4.36. The summed E-state index contributed by atoms with van der Waals surface area (Å²) in [4.78, 5) is 4.04. The van der Waals surface area contributed by atoms with Gasteiger partial charge in [-0.2, -0.15) is 0 Å². The van der Waals surface area contributed by atoms with Gasteiger partial charge in [0, 0.05) is 17.2 Å². The quantitative estimate of drug-likeness (QED) is 0.791. The standard InChI is InChI=1S/C10H16N2O2/c1-10(2,11)7-5-9(14-4)12-6-8(7)13-3/h5-6H,11H2,1-4H3. The second-order valence-corrected chi connectivity index (χ2v) is 3.65. The number of nitrogens with zero attached hydrogens (tertiary/aromatic N) is 1. The average Bonchev–Trinajstić information content (AvgIpc) is 2.15. The van der Waals surface area contributed by atoms with Gasteiger partial charge in [-0.15, -0.1) is 0 Å². The molecule has 1 rings (SSSR count). The monoisotopic (exact) mass is 196 g/mol. The molecule has 4 nitrogen and oxygen atoms in total. The highest BCUT2D eigenvalue weighted by Gasteiger charge is 2.20. The minimum absolute atomic E-state index is 0.471. The molecule has 0 bridgehead atoms. The first kappa shape index (κ1) is 10.8. The zero-order valence-electron chi connectivity index (χ0n) is 9.00. The van der Waals surface area contributed by atoms with E-state index in [4.69, 9.17) is 15.2 Å². The second kappa shape index (κ2) is 3.84. The summed E-state index contributed by atoms with van der Waals surface area (Å²) in [6.07, 6.45) is 1.61. The van der Waals surface area contributed by atoms with Crippen LogP contribution in [-0.4, -0.2) is 19.2 Å². The summed E-state index contributed by atoms with van der Waals surface area (Å²) in [7, 11) is 3.17. The molecule has 78 valence electrons. The number of hydrogen-bond donors (Lipinski definition) is 1. The van der Waals surface area contributed by atoms with Crippen molar-refractivity contribution in [1.82, 2.24) is 4.98 Å². The highest BCUT2D eigenvalue weighted by atomic mass is 16.5. The second-order valence-electron chi connectivity index (χ2n) is 3.65. The Bertz CT molecular complexity index is 318. The molecule has 0 saturated carbocycles. The maximum absolute atomic E-state index is 5.99. The third-order valence-electron chi connectivity index (χ3n) is 1.97. The molecule has 0 radical (unpaired) electrons. The summed E-state index contributed by atoms with van der Waals surface area (Å²) >= 11 is 0. The van der Waals surface area contributed by atoms with Gasteiger partial charge < -0.3 is 15.2 Å². The van der Waals surface area contributed by atoms with E-state index >= 15 is 0 Å². The lowest BCUT2D eigenvalue weighted by Gasteiger charge is -2.21. The number of nitrogens with two attached hydrogens (primary N) is 1. The van der Waals surface area contributed by atoms with Crippen molar-refractivity contribution in [2.75, 3.05) is 14.2 Å². The Balaban J connectivity index is 3.22. The van der Waals surface area contributed by atoms with E-state index in [1.165, 1.54) is 0 Å². The molecule has 14 heavy (non-hydrogen) atoms. The van der Waals surface area contributed by atoms with Crippen LogP contribution in [0.3, 0.4) is 0 Å². The molecule has 0 fully saturated rings. The molecule has 2 N–H and O–H groups in total. The molecule has 0 atom stereocenters. The summed E-state index contributed by atoms with van der Waals surface area (Å²) in [5.74, 6) is 1.22. The maximum atomic E-state index is 5.99. The van der Waals surface area contributed by atoms with Gasteiger partial charge >= 0.3 is 0 Å². The highest BCUT2D eigenvalue weighted by Crippen LogP contribution is 2.29. The highest BCUT2D eigenvalue weighted by molar-refractivity contribution is 5.39. The van der Waals surface area contributed by atoms with E-state index in [1.54, 1.807) is 26.5 Å². The third kappa shape index (κ3) is 2.14. The number of rotatable bonds is 3. The molecule has 0 aliphatic rings. The van der Waals surface area contributed by atoms with Gasteiger partial charge in [0.1, 0.15) is 5.75 Å². The number of ether oxygens (including phenoxy) is 2. The fourth-order valence-corrected chi connectivity index (χ4v) is 1.20. The van der Waals surface area contributed by atoms with Crippen LogP contribution in [0, 0.1) is 0 Å². The minimum Gasteiger partial charge on any atom is -0.495 e. The van der Waals surface area contributed by atoms with E-state index in [-0.39, 0.29) is 0 Å². The van der Waals surface area contributed by atoms with Crippen molar-refractivity contribution in [3.8, 4) is 11.6 Å². The lowest BCUT2D eigenvalue weighted by atomic mass is 9.96. The Kier molecular flexibility index (Phi) is 2.96. The molecule has 0 spiro atoms. The van der Waals surface area contributed by atoms with Crippen molar-refractivity contribution in [2.24, 2.45) is 5.73 Å². The zero-order chi connectivity index (χ0) is 10.8. The summed E-state index contributed by atoms with van der Waals surface area (Å²) in [5, 5.41) is 0. The predicted octanol–water partition coefficient (Wildman–Crippen LogP) is 1.29. The molecule has 0 unspecified atom stereocenters. The number of hydrogen-bond acceptors (Lipinski definition) is 4. The van der Waals surface area contributed by atoms with Crippen LogP contribution in [0.15, 0.2) is 12.3 Å². The van der Waals surface area contributed by atoms with Crippen molar-refractivity contribution < 1.29 is 9.47 Å². The zero-order valence-corrected chi connectivity index (χ0v) is 9.00. The van der Waals surface area contributed by atoms with Crippen LogP contribution < -0.4 is 15.2 Å². The summed E-state index contributed by atoms with van der Waals surface area (Å²) in [6.45, 7) is 3.81. The van der Waals surface area contributed by atoms with E-state index in [2.05, 4.69) is 4.98 Å². The van der Waals surface area contributed by atoms with Crippen LogP contribution in [0.1, 0.15) is 19.4 Å². The van der Waals surface area contributed by atoms with Crippen molar-refractivity contribution >= 4 is 0 Å². The van der Waals surface area contributed by atoms with E-state index < -0.39 is 5.54 Å². The summed E-state index contributed by atoms with van der Waals surface area (Å²) < 4.78 is 10.2. The molecule has 1 aromatic rings. The van der Waals surface area contributed by atoms with Gasteiger partial charge in [0.15, 0.2) is 0 Å². The number of pyridine rings is 1. The average molecular weight is 196 g/mol. The fourth-order valence-electron chi connectivity index (χ4n) is 1.20. The third-order valence-corrected chi connectivity index (χ3v) is 1.97. The minimum atomic E-state index is -0.471. The molecule has 0 amide bonds. The van der Waals surface area contributed by atoms with Crippen LogP contribution >= 0.6 is 0 Å². The molecule has 1 heterocycles. The van der Waals surface area contributed by atoms with E-state index in [1.807, 2.05) is 13.8 Å². The van der Waals surface area contributed by atoms with Crippen LogP contribution in [0.5, 0.6) is 11.6 Å². The van der Waals surface area contributed by atoms with Gasteiger partial charge in [0.2, 0.25) is 5.88 Å². The SMILES string of the molecule is COc1cc(C(C)(C)N)c(OC)cn1. The fraction of sp³-hybridized carbons (Fsp3) is 0.500. The Morgan fingerprint density at radius 3 is 2.36 bits per heavy atom. The molecule has 0 saturated heterocycles. The Morgan fingerprint density at radius 2 is 1.93 bits per heavy atom. The van der Waals surface area contributed by atoms with Crippen LogP contribution in [0.4, 0.5) is 0 Å². The van der Waals surface area contributed by atoms with Gasteiger partial charge in [-0.1, -0.05) is 0 Å². The molecule has 0 aliphatic carbocycles. The Hall–Kier alpha value is -1.29. The molecular weight excluding hydrogens is 180 g/mol. The van der Waals surface area contributed by atoms with Crippen LogP contribution in [0.2, 0.25) is 0 Å². The first-order chi connectivity index (χ1) is 6.49. The van der Waals surface area contributed by atoms with Gasteiger partial charge in [0.05, 0.1) is 20.4 Å². The molecule has 4 heteroatoms. The van der Waals surface area contributed by atoms with Gasteiger partial charge in [-0.05, 0) is 13.8 Å². The lowest BCUT2D eigenvalue weighted by Crippen LogP contribution is -2.29. The van der Waals surface area contributed by atoms with Gasteiger partial charge in [0.25, 0.3) is 0 Å². The summed E-state index contributed by atoms with van der Waals surface area (Å²) in [6, 6.07) is 1.79. The molecular formula is C10H16N2O2. The summed E-state index contributed by atoms with van der Waals surface area (Å²) in [5.41, 5.74) is 6.40. The van der Waals surface area contributed by atoms with Crippen molar-refractivity contribution in [1.29, 1.82) is 0 Å². The topological polar surface area (TPSA) is 57.4 Å². The van der Waals surface area contributed by atoms with Gasteiger partial charge in [-0.3, -0.25) is 0 Å². The number of aromatic nitrogens is 1. The van der Waals surface area contributed by atoms with Crippen molar-refractivity contribution in [3.05, 3.63) is 17.8 Å². The van der Waals surface area contributed by atoms with Crippen molar-refractivity contribution in [3.63, 3.8) is 0 Å². The Morgan fingerprint density at radius 1 is 1.29 bits per heavy atom. The van der Waals surface area contributed by atoms with E-state index in [9.17, 15) is 0 Å². The van der Waals surface area contributed by atoms with Crippen LogP contribution in [0.25, 0.3) is 0 Å². The van der Waals surface area contributed by atoms with Crippen molar-refractivity contribution in [2.45, 2.75) is 19.4 Å². The molecule has 0 aromatic carbocycles. The number of methoxy groups -OCH3 is 2. The molecule has 0 aliphatic heterocycles. The van der Waals surface area contributed by atoms with Crippen LogP contribution in [-0.2, 0) is 5.54 Å². The van der Waals surface area contributed by atoms with E-state index in [0.29, 0.717) is 11.6 Å². The predicted molar refractivity (Wildman–Crippen MR) is 54.6 cm³/mol. The molecule has 1 aromatic heterocycles. The van der Waals surface area contributed by atoms with Gasteiger partial charge in [-0.25, -0.2) is 4.98 Å². The largest absolute Gasteiger partial charge is 0.495 e.